The first-order valence-corrected chi connectivity index (χ1v) is 12.0. The Labute approximate surface area is 180 Å². The lowest BCUT2D eigenvalue weighted by Gasteiger charge is -2.11. The summed E-state index contributed by atoms with van der Waals surface area (Å²) in [6.07, 6.45) is 8.94. The summed E-state index contributed by atoms with van der Waals surface area (Å²) in [7, 11) is 0. The van der Waals surface area contributed by atoms with E-state index < -0.39 is 0 Å². The smallest absolute Gasteiger partial charge is 0.228 e. The zero-order chi connectivity index (χ0) is 20.5. The molecule has 0 atom stereocenters. The molecule has 0 spiro atoms. The minimum absolute atomic E-state index is 0.466. The first kappa shape index (κ1) is 19.4. The zero-order valence-electron chi connectivity index (χ0n) is 16.6. The van der Waals surface area contributed by atoms with E-state index in [9.17, 15) is 0 Å². The highest BCUT2D eigenvalue weighted by molar-refractivity contribution is 7.98. The van der Waals surface area contributed by atoms with Crippen molar-refractivity contribution < 1.29 is 9.47 Å². The molecule has 1 aliphatic heterocycles. The van der Waals surface area contributed by atoms with Gasteiger partial charge in [0.15, 0.2) is 21.6 Å². The quantitative estimate of drug-likeness (QED) is 0.338. The number of ether oxygens (including phenoxy) is 2. The molecule has 5 heterocycles. The molecule has 0 radical (unpaired) electrons. The van der Waals surface area contributed by atoms with Crippen LogP contribution in [0.5, 0.6) is 11.8 Å². The Hall–Kier alpha value is -2.60. The summed E-state index contributed by atoms with van der Waals surface area (Å²) in [6, 6.07) is 0. The van der Waals surface area contributed by atoms with Gasteiger partial charge >= 0.3 is 0 Å². The van der Waals surface area contributed by atoms with E-state index in [-0.39, 0.29) is 0 Å². The van der Waals surface area contributed by atoms with Gasteiger partial charge in [-0.1, -0.05) is 23.5 Å². The summed E-state index contributed by atoms with van der Waals surface area (Å²) in [4.78, 5) is 18.3. The molecule has 4 aromatic rings. The standard InChI is InChI=1S/C18H20N8O2S2/c1-29-17-21-13-11-9-19-25(13)5-3-6-26-14-12(10-20-26)16(24-18(22-14)30-2)28-8-4-7-27-15(11)23-17/h9-10H,3-8H2,1-2H3. The fourth-order valence-electron chi connectivity index (χ4n) is 3.32. The molecule has 4 aromatic heterocycles. The van der Waals surface area contributed by atoms with Crippen LogP contribution in [-0.2, 0) is 13.1 Å². The van der Waals surface area contributed by atoms with Gasteiger partial charge in [-0.15, -0.1) is 0 Å². The van der Waals surface area contributed by atoms with Crippen LogP contribution in [0.25, 0.3) is 22.1 Å². The number of aromatic nitrogens is 8. The predicted octanol–water partition coefficient (Wildman–Crippen LogP) is 2.66. The summed E-state index contributed by atoms with van der Waals surface area (Å²) in [5, 5.41) is 12.0. The third-order valence-corrected chi connectivity index (χ3v) is 5.85. The van der Waals surface area contributed by atoms with Gasteiger partial charge in [-0.25, -0.2) is 19.3 Å². The second-order valence-corrected chi connectivity index (χ2v) is 8.19. The van der Waals surface area contributed by atoms with Crippen LogP contribution in [0.2, 0.25) is 0 Å². The second kappa shape index (κ2) is 8.26. The van der Waals surface area contributed by atoms with Crippen molar-refractivity contribution >= 4 is 45.6 Å². The Morgan fingerprint density at radius 2 is 1.23 bits per heavy atom. The molecule has 1 aliphatic rings. The minimum Gasteiger partial charge on any atom is -0.477 e. The lowest BCUT2D eigenvalue weighted by atomic mass is 10.3. The average Bonchev–Trinajstić information content (AvgIpc) is 3.37. The fraction of sp³-hybridized carbons (Fsp3) is 0.444. The maximum atomic E-state index is 5.97. The van der Waals surface area contributed by atoms with Crippen LogP contribution >= 0.6 is 23.5 Å². The highest BCUT2D eigenvalue weighted by Gasteiger charge is 2.17. The van der Waals surface area contributed by atoms with Gasteiger partial charge in [-0.2, -0.15) is 20.2 Å². The molecule has 30 heavy (non-hydrogen) atoms. The van der Waals surface area contributed by atoms with Crippen molar-refractivity contribution in [2.24, 2.45) is 0 Å². The lowest BCUT2D eigenvalue weighted by Crippen LogP contribution is -2.10. The lowest BCUT2D eigenvalue weighted by molar-refractivity contribution is 0.239. The Bertz CT molecular complexity index is 1120. The number of hydrogen-bond donors (Lipinski definition) is 0. The van der Waals surface area contributed by atoms with Gasteiger partial charge in [0.2, 0.25) is 11.8 Å². The average molecular weight is 445 g/mol. The molecule has 10 nitrogen and oxygen atoms in total. The Morgan fingerprint density at radius 3 is 1.70 bits per heavy atom. The fourth-order valence-corrected chi connectivity index (χ4v) is 4.02. The Kier molecular flexibility index (Phi) is 5.34. The molecular weight excluding hydrogens is 424 g/mol. The van der Waals surface area contributed by atoms with Crippen molar-refractivity contribution in [2.75, 3.05) is 25.7 Å². The van der Waals surface area contributed by atoms with E-state index in [0.29, 0.717) is 54.8 Å². The molecule has 0 aliphatic carbocycles. The molecule has 156 valence electrons. The minimum atomic E-state index is 0.466. The predicted molar refractivity (Wildman–Crippen MR) is 114 cm³/mol. The van der Waals surface area contributed by atoms with Crippen LogP contribution in [-0.4, -0.2) is 65.2 Å². The summed E-state index contributed by atoms with van der Waals surface area (Å²) in [6.45, 7) is 2.32. The molecular formula is C18H20N8O2S2. The van der Waals surface area contributed by atoms with Crippen LogP contribution in [0.1, 0.15) is 12.8 Å². The first-order valence-electron chi connectivity index (χ1n) is 9.57. The number of nitrogens with zero attached hydrogens (tertiary/aromatic N) is 8. The van der Waals surface area contributed by atoms with Gasteiger partial charge in [-0.3, -0.25) is 0 Å². The Morgan fingerprint density at radius 1 is 0.733 bits per heavy atom. The van der Waals surface area contributed by atoms with E-state index in [1.165, 1.54) is 23.5 Å². The molecule has 0 fully saturated rings. The van der Waals surface area contributed by atoms with Gasteiger partial charge in [0.05, 0.1) is 25.6 Å². The summed E-state index contributed by atoms with van der Waals surface area (Å²) in [5.41, 5.74) is 1.57. The van der Waals surface area contributed by atoms with Gasteiger partial charge in [-0.05, 0) is 18.9 Å². The molecule has 8 bridgehead atoms. The van der Waals surface area contributed by atoms with Crippen molar-refractivity contribution in [3.8, 4) is 11.8 Å². The molecule has 12 heteroatoms. The van der Waals surface area contributed by atoms with E-state index in [1.807, 2.05) is 21.9 Å². The summed E-state index contributed by atoms with van der Waals surface area (Å²) < 4.78 is 15.7. The van der Waals surface area contributed by atoms with Crippen LogP contribution in [0.3, 0.4) is 0 Å². The topological polar surface area (TPSA) is 106 Å². The Balaban J connectivity index is 1.53. The molecule has 0 unspecified atom stereocenters. The van der Waals surface area contributed by atoms with Crippen LogP contribution in [0.15, 0.2) is 22.7 Å². The van der Waals surface area contributed by atoms with E-state index in [1.54, 1.807) is 12.4 Å². The van der Waals surface area contributed by atoms with Gasteiger partial charge in [0, 0.05) is 19.5 Å². The summed E-state index contributed by atoms with van der Waals surface area (Å²) >= 11 is 2.97. The van der Waals surface area contributed by atoms with Crippen molar-refractivity contribution in [2.45, 2.75) is 36.2 Å². The molecule has 0 aromatic carbocycles. The largest absolute Gasteiger partial charge is 0.477 e. The van der Waals surface area contributed by atoms with Crippen LogP contribution in [0.4, 0.5) is 0 Å². The molecule has 0 N–H and O–H groups in total. The van der Waals surface area contributed by atoms with Crippen molar-refractivity contribution in [3.63, 3.8) is 0 Å². The third-order valence-electron chi connectivity index (χ3n) is 4.75. The highest BCUT2D eigenvalue weighted by Crippen LogP contribution is 2.27. The molecule has 5 rings (SSSR count). The second-order valence-electron chi connectivity index (χ2n) is 6.64. The first-order chi connectivity index (χ1) is 14.8. The zero-order valence-corrected chi connectivity index (χ0v) is 18.2. The monoisotopic (exact) mass is 444 g/mol. The third kappa shape index (κ3) is 3.54. The van der Waals surface area contributed by atoms with Gasteiger partial charge < -0.3 is 9.47 Å². The van der Waals surface area contributed by atoms with E-state index in [2.05, 4.69) is 30.1 Å². The molecule has 0 amide bonds. The van der Waals surface area contributed by atoms with Crippen molar-refractivity contribution in [1.29, 1.82) is 0 Å². The number of aryl methyl sites for hydroxylation is 2. The summed E-state index contributed by atoms with van der Waals surface area (Å²) in [5.74, 6) is 1.12. The van der Waals surface area contributed by atoms with Gasteiger partial charge in [0.1, 0.15) is 10.8 Å². The van der Waals surface area contributed by atoms with E-state index in [4.69, 9.17) is 9.47 Å². The highest BCUT2D eigenvalue weighted by atomic mass is 32.2. The molecule has 0 saturated heterocycles. The van der Waals surface area contributed by atoms with Crippen LogP contribution in [0, 0.1) is 0 Å². The van der Waals surface area contributed by atoms with E-state index in [0.717, 1.165) is 28.5 Å². The normalized spacial score (nSPS) is 15.0. The van der Waals surface area contributed by atoms with Crippen molar-refractivity contribution in [1.82, 2.24) is 39.5 Å². The van der Waals surface area contributed by atoms with Crippen molar-refractivity contribution in [3.05, 3.63) is 12.4 Å². The molecule has 0 saturated carbocycles. The SMILES string of the molecule is CSc1nc2c3cnn(c3n1)CCCn1ncc3c(nc(SC)nc31)OCCCO2. The maximum Gasteiger partial charge on any atom is 0.228 e. The van der Waals surface area contributed by atoms with Gasteiger partial charge in [0.25, 0.3) is 0 Å². The number of thioether (sulfide) groups is 2. The number of hydrogen-bond acceptors (Lipinski definition) is 10. The van der Waals surface area contributed by atoms with E-state index >= 15 is 0 Å². The number of rotatable bonds is 2. The maximum absolute atomic E-state index is 5.97. The van der Waals surface area contributed by atoms with Crippen LogP contribution < -0.4 is 9.47 Å².